The third-order valence-electron chi connectivity index (χ3n) is 4.95. The van der Waals surface area contributed by atoms with Gasteiger partial charge in [0, 0.05) is 42.6 Å². The lowest BCUT2D eigenvalue weighted by molar-refractivity contribution is 0.198. The van der Waals surface area contributed by atoms with E-state index < -0.39 is 0 Å². The molecule has 0 bridgehead atoms. The van der Waals surface area contributed by atoms with Crippen LogP contribution in [0.5, 0.6) is 0 Å². The summed E-state index contributed by atoms with van der Waals surface area (Å²) in [5.41, 5.74) is 2.44. The van der Waals surface area contributed by atoms with Gasteiger partial charge in [0.05, 0.1) is 12.2 Å². The molecule has 0 saturated carbocycles. The van der Waals surface area contributed by atoms with Gasteiger partial charge >= 0.3 is 0 Å². The number of guanidine groups is 1. The molecule has 28 heavy (non-hydrogen) atoms. The van der Waals surface area contributed by atoms with Gasteiger partial charge in [0.1, 0.15) is 5.01 Å². The Morgan fingerprint density at radius 1 is 1.25 bits per heavy atom. The summed E-state index contributed by atoms with van der Waals surface area (Å²) in [5, 5.41) is 8.85. The zero-order valence-corrected chi connectivity index (χ0v) is 20.6. The highest BCUT2D eigenvalue weighted by molar-refractivity contribution is 14.0. The average Bonchev–Trinajstić information content (AvgIpc) is 2.99. The van der Waals surface area contributed by atoms with Crippen LogP contribution in [0, 0.1) is 13.8 Å². The lowest BCUT2D eigenvalue weighted by Crippen LogP contribution is -2.48. The summed E-state index contributed by atoms with van der Waals surface area (Å²) < 4.78 is 0. The minimum absolute atomic E-state index is 0. The SMILES string of the molecule is CN=C(NCc1nc(C)c(C)s1)NC1CCN(Cc2ccc(Cl)cc2)CC1.I. The number of aliphatic imine (C=N–C) groups is 1. The molecule has 0 spiro atoms. The second-order valence-electron chi connectivity index (χ2n) is 7.00. The number of nitrogens with one attached hydrogen (secondary N) is 2. The maximum atomic E-state index is 5.97. The fourth-order valence-corrected chi connectivity index (χ4v) is 4.25. The lowest BCUT2D eigenvalue weighted by atomic mass is 10.0. The van der Waals surface area contributed by atoms with Gasteiger partial charge in [-0.25, -0.2) is 4.98 Å². The smallest absolute Gasteiger partial charge is 0.191 e. The van der Waals surface area contributed by atoms with Crippen LogP contribution in [0.1, 0.15) is 34.0 Å². The van der Waals surface area contributed by atoms with Crippen LogP contribution in [0.15, 0.2) is 29.3 Å². The highest BCUT2D eigenvalue weighted by Gasteiger charge is 2.20. The van der Waals surface area contributed by atoms with Gasteiger partial charge < -0.3 is 10.6 Å². The van der Waals surface area contributed by atoms with Crippen LogP contribution >= 0.6 is 46.9 Å². The molecule has 0 unspecified atom stereocenters. The van der Waals surface area contributed by atoms with Crippen molar-refractivity contribution in [3.05, 3.63) is 50.4 Å². The van der Waals surface area contributed by atoms with E-state index in [-0.39, 0.29) is 24.0 Å². The fourth-order valence-electron chi connectivity index (χ4n) is 3.25. The summed E-state index contributed by atoms with van der Waals surface area (Å²) in [7, 11) is 1.82. The van der Waals surface area contributed by atoms with Crippen LogP contribution in [-0.4, -0.2) is 42.0 Å². The van der Waals surface area contributed by atoms with E-state index in [1.54, 1.807) is 11.3 Å². The van der Waals surface area contributed by atoms with E-state index in [0.29, 0.717) is 12.6 Å². The van der Waals surface area contributed by atoms with Gasteiger partial charge in [-0.15, -0.1) is 35.3 Å². The number of aromatic nitrogens is 1. The molecule has 154 valence electrons. The number of piperidine rings is 1. The molecular weight excluding hydrogens is 505 g/mol. The Balaban J connectivity index is 0.00000280. The summed E-state index contributed by atoms with van der Waals surface area (Å²) in [6.45, 7) is 8.04. The number of thiazole rings is 1. The Morgan fingerprint density at radius 2 is 1.93 bits per heavy atom. The predicted molar refractivity (Wildman–Crippen MR) is 130 cm³/mol. The first-order valence-electron chi connectivity index (χ1n) is 9.40. The second-order valence-corrected chi connectivity index (χ2v) is 8.72. The molecular formula is C20H29ClIN5S. The van der Waals surface area contributed by atoms with E-state index in [1.807, 2.05) is 19.2 Å². The molecule has 1 aliphatic heterocycles. The Hall–Kier alpha value is -0.900. The van der Waals surface area contributed by atoms with E-state index >= 15 is 0 Å². The van der Waals surface area contributed by atoms with Gasteiger partial charge in [-0.2, -0.15) is 0 Å². The average molecular weight is 534 g/mol. The monoisotopic (exact) mass is 533 g/mol. The minimum Gasteiger partial charge on any atom is -0.354 e. The van der Waals surface area contributed by atoms with Gasteiger partial charge in [-0.3, -0.25) is 9.89 Å². The number of hydrogen-bond acceptors (Lipinski definition) is 4. The van der Waals surface area contributed by atoms with Crippen molar-refractivity contribution in [3.63, 3.8) is 0 Å². The first kappa shape index (κ1) is 23.4. The third-order valence-corrected chi connectivity index (χ3v) is 6.28. The highest BCUT2D eigenvalue weighted by Crippen LogP contribution is 2.17. The van der Waals surface area contributed by atoms with Crippen LogP contribution < -0.4 is 10.6 Å². The Labute approximate surface area is 194 Å². The van der Waals surface area contributed by atoms with Crippen molar-refractivity contribution in [2.75, 3.05) is 20.1 Å². The zero-order valence-electron chi connectivity index (χ0n) is 16.7. The fraction of sp³-hybridized carbons (Fsp3) is 0.500. The van der Waals surface area contributed by atoms with Crippen molar-refractivity contribution in [1.29, 1.82) is 0 Å². The Kier molecular flexibility index (Phi) is 9.46. The van der Waals surface area contributed by atoms with Crippen molar-refractivity contribution in [2.45, 2.75) is 45.8 Å². The molecule has 0 atom stereocenters. The molecule has 1 aromatic carbocycles. The van der Waals surface area contributed by atoms with Gasteiger partial charge in [0.25, 0.3) is 0 Å². The van der Waals surface area contributed by atoms with Crippen molar-refractivity contribution in [1.82, 2.24) is 20.5 Å². The Bertz CT molecular complexity index is 750. The number of benzene rings is 1. The largest absolute Gasteiger partial charge is 0.354 e. The van der Waals surface area contributed by atoms with Crippen LogP contribution in [0.2, 0.25) is 5.02 Å². The van der Waals surface area contributed by atoms with Crippen LogP contribution in [0.4, 0.5) is 0 Å². The summed E-state index contributed by atoms with van der Waals surface area (Å²) in [5.74, 6) is 0.858. The molecule has 1 saturated heterocycles. The highest BCUT2D eigenvalue weighted by atomic mass is 127. The maximum absolute atomic E-state index is 5.97. The summed E-state index contributed by atoms with van der Waals surface area (Å²) in [4.78, 5) is 12.7. The molecule has 8 heteroatoms. The number of likely N-dealkylation sites (tertiary alicyclic amines) is 1. The van der Waals surface area contributed by atoms with Crippen LogP contribution in [0.3, 0.4) is 0 Å². The molecule has 1 fully saturated rings. The molecule has 1 aliphatic rings. The first-order valence-corrected chi connectivity index (χ1v) is 10.6. The Morgan fingerprint density at radius 3 is 2.50 bits per heavy atom. The van der Waals surface area contributed by atoms with Crippen LogP contribution in [0.25, 0.3) is 0 Å². The molecule has 2 aromatic rings. The summed E-state index contributed by atoms with van der Waals surface area (Å²) >= 11 is 7.71. The van der Waals surface area contributed by atoms with Crippen molar-refractivity contribution >= 4 is 52.9 Å². The zero-order chi connectivity index (χ0) is 19.2. The minimum atomic E-state index is 0. The molecule has 5 nitrogen and oxygen atoms in total. The summed E-state index contributed by atoms with van der Waals surface area (Å²) in [6, 6.07) is 8.61. The molecule has 0 amide bonds. The number of rotatable bonds is 5. The normalized spacial score (nSPS) is 15.9. The standard InChI is InChI=1S/C20H28ClN5S.HI/c1-14-15(2)27-19(24-14)12-23-20(22-3)25-18-8-10-26(11-9-18)13-16-4-6-17(21)7-5-16;/h4-7,18H,8-13H2,1-3H3,(H2,22,23,25);1H. The van der Waals surface area contributed by atoms with E-state index in [4.69, 9.17) is 11.6 Å². The van der Waals surface area contributed by atoms with Gasteiger partial charge in [-0.05, 0) is 44.4 Å². The maximum Gasteiger partial charge on any atom is 0.191 e. The third kappa shape index (κ3) is 6.86. The molecule has 0 radical (unpaired) electrons. The predicted octanol–water partition coefficient (Wildman–Crippen LogP) is 4.36. The van der Waals surface area contributed by atoms with E-state index in [1.165, 1.54) is 10.4 Å². The number of aryl methyl sites for hydroxylation is 2. The van der Waals surface area contributed by atoms with E-state index in [2.05, 4.69) is 51.5 Å². The van der Waals surface area contributed by atoms with Crippen molar-refractivity contribution in [3.8, 4) is 0 Å². The van der Waals surface area contributed by atoms with Crippen LogP contribution in [-0.2, 0) is 13.1 Å². The number of hydrogen-bond donors (Lipinski definition) is 2. The molecule has 1 aromatic heterocycles. The quantitative estimate of drug-likeness (QED) is 0.341. The van der Waals surface area contributed by atoms with Crippen molar-refractivity contribution < 1.29 is 0 Å². The summed E-state index contributed by atoms with van der Waals surface area (Å²) in [6.07, 6.45) is 2.23. The lowest BCUT2D eigenvalue weighted by Gasteiger charge is -2.33. The molecule has 3 rings (SSSR count). The molecule has 0 aliphatic carbocycles. The van der Waals surface area contributed by atoms with E-state index in [9.17, 15) is 0 Å². The molecule has 2 heterocycles. The van der Waals surface area contributed by atoms with Gasteiger partial charge in [0.15, 0.2) is 5.96 Å². The van der Waals surface area contributed by atoms with Crippen molar-refractivity contribution in [2.24, 2.45) is 4.99 Å². The molecule has 2 N–H and O–H groups in total. The number of nitrogens with zero attached hydrogens (tertiary/aromatic N) is 3. The van der Waals surface area contributed by atoms with E-state index in [0.717, 1.165) is 54.2 Å². The van der Waals surface area contributed by atoms with Gasteiger partial charge in [0.2, 0.25) is 0 Å². The second kappa shape index (κ2) is 11.3. The van der Waals surface area contributed by atoms with Gasteiger partial charge in [-0.1, -0.05) is 23.7 Å². The number of halogens is 2. The topological polar surface area (TPSA) is 52.6 Å². The first-order chi connectivity index (χ1) is 13.0.